The van der Waals surface area contributed by atoms with Crippen molar-refractivity contribution in [1.29, 1.82) is 0 Å². The van der Waals surface area contributed by atoms with Crippen LogP contribution in [0.25, 0.3) is 0 Å². The molecule has 1 saturated heterocycles. The SMILES string of the molecule is Cc1cccnc1N(C)C(=O)[C@H]1CCC(=O)N(C)[C@@H]1c1ccnn1C. The zero-order chi connectivity index (χ0) is 18.1. The molecule has 7 nitrogen and oxygen atoms in total. The van der Waals surface area contributed by atoms with Crippen LogP contribution in [0.5, 0.6) is 0 Å². The Morgan fingerprint density at radius 2 is 2.04 bits per heavy atom. The highest BCUT2D eigenvalue weighted by molar-refractivity contribution is 5.96. The number of aromatic nitrogens is 3. The Morgan fingerprint density at radius 1 is 1.28 bits per heavy atom. The lowest BCUT2D eigenvalue weighted by molar-refractivity contribution is -0.141. The van der Waals surface area contributed by atoms with E-state index in [0.717, 1.165) is 11.3 Å². The molecule has 0 aromatic carbocycles. The van der Waals surface area contributed by atoms with E-state index in [-0.39, 0.29) is 23.8 Å². The summed E-state index contributed by atoms with van der Waals surface area (Å²) < 4.78 is 1.73. The number of nitrogens with zero attached hydrogens (tertiary/aromatic N) is 5. The Labute approximate surface area is 147 Å². The molecule has 0 radical (unpaired) electrons. The third-order valence-electron chi connectivity index (χ3n) is 4.97. The summed E-state index contributed by atoms with van der Waals surface area (Å²) in [6.45, 7) is 1.93. The lowest BCUT2D eigenvalue weighted by Crippen LogP contribution is -2.47. The largest absolute Gasteiger partial charge is 0.336 e. The number of likely N-dealkylation sites (tertiary alicyclic amines) is 1. The van der Waals surface area contributed by atoms with Crippen LogP contribution in [0.2, 0.25) is 0 Å². The molecular formula is C18H23N5O2. The molecule has 2 atom stereocenters. The Kier molecular flexibility index (Phi) is 4.57. The number of piperidine rings is 1. The summed E-state index contributed by atoms with van der Waals surface area (Å²) in [6.07, 6.45) is 4.27. The van der Waals surface area contributed by atoms with Crippen molar-refractivity contribution in [3.05, 3.63) is 41.9 Å². The third kappa shape index (κ3) is 3.01. The fraction of sp³-hybridized carbons (Fsp3) is 0.444. The number of carbonyl (C=O) groups is 2. The van der Waals surface area contributed by atoms with Gasteiger partial charge in [-0.1, -0.05) is 6.07 Å². The molecule has 0 saturated carbocycles. The van der Waals surface area contributed by atoms with Crippen molar-refractivity contribution in [2.45, 2.75) is 25.8 Å². The first-order valence-corrected chi connectivity index (χ1v) is 8.34. The van der Waals surface area contributed by atoms with Crippen molar-refractivity contribution in [2.24, 2.45) is 13.0 Å². The van der Waals surface area contributed by atoms with Gasteiger partial charge in [-0.2, -0.15) is 5.10 Å². The molecule has 2 amide bonds. The molecule has 2 aromatic heterocycles. The second-order valence-corrected chi connectivity index (χ2v) is 6.52. The summed E-state index contributed by atoms with van der Waals surface area (Å²) in [7, 11) is 5.33. The van der Waals surface area contributed by atoms with Gasteiger partial charge in [-0.15, -0.1) is 0 Å². The zero-order valence-corrected chi connectivity index (χ0v) is 15.0. The Balaban J connectivity index is 1.95. The number of rotatable bonds is 3. The van der Waals surface area contributed by atoms with Gasteiger partial charge in [0.05, 0.1) is 17.7 Å². The minimum atomic E-state index is -0.329. The molecule has 3 rings (SSSR count). The van der Waals surface area contributed by atoms with Crippen LogP contribution in [0.15, 0.2) is 30.6 Å². The van der Waals surface area contributed by atoms with Gasteiger partial charge in [0.25, 0.3) is 0 Å². The molecule has 7 heteroatoms. The van der Waals surface area contributed by atoms with Crippen molar-refractivity contribution >= 4 is 17.6 Å². The highest BCUT2D eigenvalue weighted by atomic mass is 16.2. The number of hydrogen-bond donors (Lipinski definition) is 0. The maximum Gasteiger partial charge on any atom is 0.233 e. The molecule has 3 heterocycles. The molecule has 25 heavy (non-hydrogen) atoms. The third-order valence-corrected chi connectivity index (χ3v) is 4.97. The average Bonchev–Trinajstić information content (AvgIpc) is 3.02. The first-order valence-electron chi connectivity index (χ1n) is 8.34. The highest BCUT2D eigenvalue weighted by Gasteiger charge is 2.41. The Morgan fingerprint density at radius 3 is 2.68 bits per heavy atom. The average molecular weight is 341 g/mol. The molecule has 0 N–H and O–H groups in total. The van der Waals surface area contributed by atoms with E-state index in [1.165, 1.54) is 0 Å². The number of aryl methyl sites for hydroxylation is 2. The lowest BCUT2D eigenvalue weighted by Gasteiger charge is -2.39. The van der Waals surface area contributed by atoms with Gasteiger partial charge >= 0.3 is 0 Å². The Hall–Kier alpha value is -2.70. The van der Waals surface area contributed by atoms with E-state index >= 15 is 0 Å². The predicted molar refractivity (Wildman–Crippen MR) is 93.8 cm³/mol. The molecule has 0 spiro atoms. The first-order chi connectivity index (χ1) is 11.9. The molecule has 0 unspecified atom stereocenters. The summed E-state index contributed by atoms with van der Waals surface area (Å²) in [6, 6.07) is 5.32. The predicted octanol–water partition coefficient (Wildman–Crippen LogP) is 1.70. The molecule has 1 aliphatic heterocycles. The fourth-order valence-electron chi connectivity index (χ4n) is 3.56. The number of pyridine rings is 1. The summed E-state index contributed by atoms with van der Waals surface area (Å²) in [5.74, 6) is 0.333. The molecule has 0 aliphatic carbocycles. The van der Waals surface area contributed by atoms with Crippen molar-refractivity contribution < 1.29 is 9.59 Å². The van der Waals surface area contributed by atoms with Gasteiger partial charge in [0, 0.05) is 40.0 Å². The van der Waals surface area contributed by atoms with E-state index in [1.807, 2.05) is 32.2 Å². The molecule has 1 fully saturated rings. The van der Waals surface area contributed by atoms with Gasteiger partial charge in [-0.05, 0) is 31.0 Å². The minimum Gasteiger partial charge on any atom is -0.336 e. The van der Waals surface area contributed by atoms with Crippen LogP contribution in [0.4, 0.5) is 5.82 Å². The van der Waals surface area contributed by atoms with Crippen molar-refractivity contribution in [3.8, 4) is 0 Å². The number of hydrogen-bond acceptors (Lipinski definition) is 4. The van der Waals surface area contributed by atoms with Crippen molar-refractivity contribution in [1.82, 2.24) is 19.7 Å². The number of anilines is 1. The lowest BCUT2D eigenvalue weighted by atomic mass is 9.85. The molecule has 132 valence electrons. The van der Waals surface area contributed by atoms with Crippen molar-refractivity contribution in [3.63, 3.8) is 0 Å². The van der Waals surface area contributed by atoms with Crippen LogP contribution in [-0.4, -0.2) is 45.6 Å². The van der Waals surface area contributed by atoms with E-state index in [1.54, 1.807) is 41.0 Å². The number of amides is 2. The van der Waals surface area contributed by atoms with E-state index < -0.39 is 0 Å². The Bertz CT molecular complexity index is 800. The molecule has 1 aliphatic rings. The van der Waals surface area contributed by atoms with E-state index in [4.69, 9.17) is 0 Å². The fourth-order valence-corrected chi connectivity index (χ4v) is 3.56. The monoisotopic (exact) mass is 341 g/mol. The summed E-state index contributed by atoms with van der Waals surface area (Å²) in [4.78, 5) is 33.1. The maximum atomic E-state index is 13.2. The molecule has 0 bridgehead atoms. The zero-order valence-electron chi connectivity index (χ0n) is 15.0. The van der Waals surface area contributed by atoms with Gasteiger partial charge in [-0.25, -0.2) is 4.98 Å². The van der Waals surface area contributed by atoms with E-state index in [0.29, 0.717) is 18.7 Å². The van der Waals surface area contributed by atoms with Gasteiger partial charge in [0.15, 0.2) is 0 Å². The van der Waals surface area contributed by atoms with Crippen LogP contribution in [0.3, 0.4) is 0 Å². The van der Waals surface area contributed by atoms with Gasteiger partial charge in [-0.3, -0.25) is 19.2 Å². The maximum absolute atomic E-state index is 13.2. The normalized spacial score (nSPS) is 20.6. The van der Waals surface area contributed by atoms with E-state index in [9.17, 15) is 9.59 Å². The standard InChI is InChI=1S/C18H23N5O2/c1-12-6-5-10-19-17(12)22(3)18(25)13-7-8-15(24)21(2)16(13)14-9-11-20-23(14)4/h5-6,9-11,13,16H,7-8H2,1-4H3/t13-,16-/m0/s1. The minimum absolute atomic E-state index is 0.0349. The smallest absolute Gasteiger partial charge is 0.233 e. The van der Waals surface area contributed by atoms with Crippen LogP contribution in [0, 0.1) is 12.8 Å². The second-order valence-electron chi connectivity index (χ2n) is 6.52. The molecular weight excluding hydrogens is 318 g/mol. The van der Waals surface area contributed by atoms with Crippen LogP contribution < -0.4 is 4.90 Å². The summed E-state index contributed by atoms with van der Waals surface area (Å²) >= 11 is 0. The first kappa shape index (κ1) is 17.1. The topological polar surface area (TPSA) is 71.3 Å². The van der Waals surface area contributed by atoms with Gasteiger partial charge in [0.1, 0.15) is 5.82 Å². The number of carbonyl (C=O) groups excluding carboxylic acids is 2. The van der Waals surface area contributed by atoms with Gasteiger partial charge < -0.3 is 4.90 Å². The van der Waals surface area contributed by atoms with Crippen molar-refractivity contribution in [2.75, 3.05) is 19.0 Å². The van der Waals surface area contributed by atoms with Crippen LogP contribution >= 0.6 is 0 Å². The summed E-state index contributed by atoms with van der Waals surface area (Å²) in [5.41, 5.74) is 1.80. The summed E-state index contributed by atoms with van der Waals surface area (Å²) in [5, 5.41) is 4.20. The van der Waals surface area contributed by atoms with Gasteiger partial charge in [0.2, 0.25) is 11.8 Å². The second kappa shape index (κ2) is 6.66. The van der Waals surface area contributed by atoms with Crippen LogP contribution in [0.1, 0.15) is 30.1 Å². The quantitative estimate of drug-likeness (QED) is 0.852. The highest BCUT2D eigenvalue weighted by Crippen LogP contribution is 2.37. The van der Waals surface area contributed by atoms with Crippen LogP contribution in [-0.2, 0) is 16.6 Å². The molecule has 2 aromatic rings. The van der Waals surface area contributed by atoms with E-state index in [2.05, 4.69) is 10.1 Å².